The number of anilines is 1. The Morgan fingerprint density at radius 2 is 2.08 bits per heavy atom. The zero-order valence-corrected chi connectivity index (χ0v) is 14.8. The summed E-state index contributed by atoms with van der Waals surface area (Å²) >= 11 is 3.12. The van der Waals surface area contributed by atoms with E-state index in [1.54, 1.807) is 24.3 Å². The molecule has 9 heteroatoms. The fourth-order valence-corrected chi connectivity index (χ4v) is 2.58. The summed E-state index contributed by atoms with van der Waals surface area (Å²) in [6.07, 6.45) is 2.53. The van der Waals surface area contributed by atoms with Gasteiger partial charge in [0.05, 0.1) is 17.9 Å². The summed E-state index contributed by atoms with van der Waals surface area (Å²) in [7, 11) is 0. The van der Waals surface area contributed by atoms with Crippen LogP contribution in [0.1, 0.15) is 16.1 Å². The zero-order valence-electron chi connectivity index (χ0n) is 13.2. The highest BCUT2D eigenvalue weighted by Crippen LogP contribution is 2.19. The predicted octanol–water partition coefficient (Wildman–Crippen LogP) is 2.13. The van der Waals surface area contributed by atoms with Gasteiger partial charge in [0.1, 0.15) is 11.4 Å². The first kappa shape index (κ1) is 17.7. The smallest absolute Gasteiger partial charge is 0.319 e. The Labute approximate surface area is 154 Å². The average molecular weight is 419 g/mol. The van der Waals surface area contributed by atoms with Crippen molar-refractivity contribution in [3.05, 3.63) is 91.2 Å². The van der Waals surface area contributed by atoms with Crippen LogP contribution in [0.2, 0.25) is 0 Å². The SMILES string of the molecule is O=C(Nc1ccc(Br)cc1F)c1c[nH]c(=O)n(Cc2ccccn2)c1=O. The molecule has 2 aromatic heterocycles. The lowest BCUT2D eigenvalue weighted by atomic mass is 10.2. The van der Waals surface area contributed by atoms with E-state index in [1.807, 2.05) is 0 Å². The third kappa shape index (κ3) is 3.77. The Hall–Kier alpha value is -3.07. The molecule has 0 aliphatic carbocycles. The van der Waals surface area contributed by atoms with Gasteiger partial charge >= 0.3 is 5.69 Å². The lowest BCUT2D eigenvalue weighted by Crippen LogP contribution is -2.39. The van der Waals surface area contributed by atoms with Crippen LogP contribution in [0.25, 0.3) is 0 Å². The lowest BCUT2D eigenvalue weighted by Gasteiger charge is -2.08. The fraction of sp³-hybridized carbons (Fsp3) is 0.0588. The van der Waals surface area contributed by atoms with E-state index >= 15 is 0 Å². The zero-order chi connectivity index (χ0) is 18.7. The molecule has 0 spiro atoms. The van der Waals surface area contributed by atoms with Gasteiger partial charge in [0.15, 0.2) is 0 Å². The number of aromatic nitrogens is 3. The van der Waals surface area contributed by atoms with Gasteiger partial charge in [-0.3, -0.25) is 19.1 Å². The van der Waals surface area contributed by atoms with Crippen LogP contribution >= 0.6 is 15.9 Å². The first-order chi connectivity index (χ1) is 12.5. The van der Waals surface area contributed by atoms with Crippen LogP contribution in [-0.4, -0.2) is 20.4 Å². The second-order valence-corrected chi connectivity index (χ2v) is 6.21. The molecule has 2 heterocycles. The Morgan fingerprint density at radius 1 is 1.27 bits per heavy atom. The largest absolute Gasteiger partial charge is 0.328 e. The maximum atomic E-state index is 13.9. The number of carbonyl (C=O) groups excluding carboxylic acids is 1. The number of aromatic amines is 1. The highest BCUT2D eigenvalue weighted by atomic mass is 79.9. The Balaban J connectivity index is 1.93. The molecule has 0 bridgehead atoms. The van der Waals surface area contributed by atoms with Crippen molar-refractivity contribution < 1.29 is 9.18 Å². The molecule has 0 aliphatic rings. The maximum Gasteiger partial charge on any atom is 0.328 e. The number of hydrogen-bond donors (Lipinski definition) is 2. The minimum absolute atomic E-state index is 0.0833. The van der Waals surface area contributed by atoms with Gasteiger partial charge in [-0.2, -0.15) is 0 Å². The second-order valence-electron chi connectivity index (χ2n) is 5.30. The van der Waals surface area contributed by atoms with Gasteiger partial charge in [-0.15, -0.1) is 0 Å². The van der Waals surface area contributed by atoms with Gasteiger partial charge in [-0.1, -0.05) is 22.0 Å². The lowest BCUT2D eigenvalue weighted by molar-refractivity contribution is 0.102. The summed E-state index contributed by atoms with van der Waals surface area (Å²) in [4.78, 5) is 43.2. The van der Waals surface area contributed by atoms with Crippen molar-refractivity contribution in [2.75, 3.05) is 5.32 Å². The number of nitrogens with one attached hydrogen (secondary N) is 2. The van der Waals surface area contributed by atoms with Crippen LogP contribution in [0.5, 0.6) is 0 Å². The highest BCUT2D eigenvalue weighted by Gasteiger charge is 2.17. The molecule has 2 N–H and O–H groups in total. The molecule has 132 valence electrons. The van der Waals surface area contributed by atoms with Crippen molar-refractivity contribution in [3.8, 4) is 0 Å². The molecule has 0 saturated carbocycles. The quantitative estimate of drug-likeness (QED) is 0.677. The number of amides is 1. The van der Waals surface area contributed by atoms with Crippen LogP contribution in [0.4, 0.5) is 10.1 Å². The number of nitrogens with zero attached hydrogens (tertiary/aromatic N) is 2. The number of benzene rings is 1. The van der Waals surface area contributed by atoms with E-state index < -0.39 is 23.0 Å². The van der Waals surface area contributed by atoms with Gasteiger partial charge in [0, 0.05) is 16.9 Å². The van der Waals surface area contributed by atoms with E-state index in [0.29, 0.717) is 10.2 Å². The van der Waals surface area contributed by atoms with Crippen molar-refractivity contribution in [1.82, 2.24) is 14.5 Å². The van der Waals surface area contributed by atoms with Crippen LogP contribution in [0.15, 0.2) is 62.9 Å². The molecule has 0 fully saturated rings. The molecular weight excluding hydrogens is 407 g/mol. The van der Waals surface area contributed by atoms with Crippen molar-refractivity contribution in [2.45, 2.75) is 6.54 Å². The molecule has 26 heavy (non-hydrogen) atoms. The third-order valence-corrected chi connectivity index (χ3v) is 4.02. The molecule has 0 saturated heterocycles. The minimum Gasteiger partial charge on any atom is -0.319 e. The van der Waals surface area contributed by atoms with Crippen molar-refractivity contribution >= 4 is 27.5 Å². The first-order valence-electron chi connectivity index (χ1n) is 7.44. The van der Waals surface area contributed by atoms with Gasteiger partial charge in [-0.05, 0) is 30.3 Å². The molecule has 7 nitrogen and oxygen atoms in total. The Kier molecular flexibility index (Phi) is 5.08. The molecule has 1 aromatic carbocycles. The van der Waals surface area contributed by atoms with Gasteiger partial charge in [0.25, 0.3) is 11.5 Å². The monoisotopic (exact) mass is 418 g/mol. The van der Waals surface area contributed by atoms with E-state index in [0.717, 1.165) is 10.8 Å². The molecule has 3 aromatic rings. The predicted molar refractivity (Wildman–Crippen MR) is 96.7 cm³/mol. The van der Waals surface area contributed by atoms with E-state index in [-0.39, 0.29) is 17.8 Å². The number of carbonyl (C=O) groups is 1. The van der Waals surface area contributed by atoms with Crippen LogP contribution in [0.3, 0.4) is 0 Å². The van der Waals surface area contributed by atoms with Gasteiger partial charge < -0.3 is 10.3 Å². The van der Waals surface area contributed by atoms with E-state index in [2.05, 4.69) is 31.2 Å². The molecule has 3 rings (SSSR count). The summed E-state index contributed by atoms with van der Waals surface area (Å²) in [6, 6.07) is 9.15. The highest BCUT2D eigenvalue weighted by molar-refractivity contribution is 9.10. The van der Waals surface area contributed by atoms with Crippen molar-refractivity contribution in [3.63, 3.8) is 0 Å². The summed E-state index contributed by atoms with van der Waals surface area (Å²) in [6.45, 7) is -0.0945. The normalized spacial score (nSPS) is 10.5. The van der Waals surface area contributed by atoms with Gasteiger partial charge in [-0.25, -0.2) is 9.18 Å². The van der Waals surface area contributed by atoms with Crippen molar-refractivity contribution in [2.24, 2.45) is 0 Å². The average Bonchev–Trinajstić information content (AvgIpc) is 2.62. The van der Waals surface area contributed by atoms with Gasteiger partial charge in [0.2, 0.25) is 0 Å². The molecule has 0 unspecified atom stereocenters. The van der Waals surface area contributed by atoms with Crippen molar-refractivity contribution in [1.29, 1.82) is 0 Å². The number of rotatable bonds is 4. The summed E-state index contributed by atoms with van der Waals surface area (Å²) in [5.41, 5.74) is -1.39. The summed E-state index contributed by atoms with van der Waals surface area (Å²) in [5, 5.41) is 2.32. The Morgan fingerprint density at radius 3 is 2.77 bits per heavy atom. The van der Waals surface area contributed by atoms with E-state index in [1.165, 1.54) is 18.3 Å². The molecule has 0 aliphatic heterocycles. The molecule has 0 atom stereocenters. The number of hydrogen-bond acceptors (Lipinski definition) is 4. The number of halogens is 2. The van der Waals surface area contributed by atoms with Crippen LogP contribution < -0.4 is 16.6 Å². The Bertz CT molecular complexity index is 1080. The number of pyridine rings is 1. The molecular formula is C17H12BrFN4O3. The second kappa shape index (κ2) is 7.44. The van der Waals surface area contributed by atoms with E-state index in [9.17, 15) is 18.8 Å². The first-order valence-corrected chi connectivity index (χ1v) is 8.24. The fourth-order valence-electron chi connectivity index (χ4n) is 2.25. The molecule has 1 amide bonds. The third-order valence-electron chi connectivity index (χ3n) is 3.53. The minimum atomic E-state index is -0.831. The topological polar surface area (TPSA) is 96.8 Å². The van der Waals surface area contributed by atoms with Crippen LogP contribution in [-0.2, 0) is 6.54 Å². The summed E-state index contributed by atoms with van der Waals surface area (Å²) < 4.78 is 15.2. The summed E-state index contributed by atoms with van der Waals surface area (Å²) in [5.74, 6) is -1.49. The molecule has 0 radical (unpaired) electrons. The standard InChI is InChI=1S/C17H12BrFN4O3/c18-10-4-5-14(13(19)7-10)22-15(24)12-8-21-17(26)23(16(12)25)9-11-3-1-2-6-20-11/h1-8H,9H2,(H,21,26)(H,22,24). The maximum absolute atomic E-state index is 13.9. The van der Waals surface area contributed by atoms with Crippen LogP contribution in [0, 0.1) is 5.82 Å². The van der Waals surface area contributed by atoms with E-state index in [4.69, 9.17) is 0 Å². The number of H-pyrrole nitrogens is 1.